The lowest BCUT2D eigenvalue weighted by atomic mass is 10.1. The molecule has 0 radical (unpaired) electrons. The van der Waals surface area contributed by atoms with Gasteiger partial charge < -0.3 is 10.2 Å². The molecule has 1 unspecified atom stereocenters. The Hall–Kier alpha value is -0.940. The summed E-state index contributed by atoms with van der Waals surface area (Å²) in [5.74, 6) is 0.482. The monoisotopic (exact) mass is 339 g/mol. The molecule has 110 valence electrons. The van der Waals surface area contributed by atoms with Crippen LogP contribution >= 0.6 is 15.9 Å². The predicted molar refractivity (Wildman–Crippen MR) is 83.7 cm³/mol. The molecule has 20 heavy (non-hydrogen) atoms. The molecule has 1 aromatic rings. The number of pyridine rings is 1. The molecule has 0 aliphatic carbocycles. The first-order valence-electron chi connectivity index (χ1n) is 7.20. The van der Waals surface area contributed by atoms with Gasteiger partial charge in [0.05, 0.1) is 0 Å². The van der Waals surface area contributed by atoms with E-state index in [-0.39, 0.29) is 5.91 Å². The minimum absolute atomic E-state index is 0.0277. The standard InChI is InChI=1S/C15H22BrN3O/c1-11(2)9-19(10-13-4-3-7-17-13)15(20)14-6-5-12(16)8-18-14/h5-6,8,11,13,17H,3-4,7,9-10H2,1-2H3. The van der Waals surface area contributed by atoms with E-state index >= 15 is 0 Å². The van der Waals surface area contributed by atoms with Crippen molar-refractivity contribution >= 4 is 21.8 Å². The number of hydrogen-bond acceptors (Lipinski definition) is 3. The van der Waals surface area contributed by atoms with E-state index in [1.807, 2.05) is 11.0 Å². The molecule has 0 bridgehead atoms. The van der Waals surface area contributed by atoms with Crippen LogP contribution in [-0.2, 0) is 0 Å². The molecule has 1 saturated heterocycles. The maximum Gasteiger partial charge on any atom is 0.272 e. The van der Waals surface area contributed by atoms with Gasteiger partial charge >= 0.3 is 0 Å². The Balaban J connectivity index is 2.07. The first-order valence-corrected chi connectivity index (χ1v) is 8.00. The molecule has 1 amide bonds. The molecular formula is C15H22BrN3O. The van der Waals surface area contributed by atoms with Crippen LogP contribution in [-0.4, -0.2) is 41.5 Å². The van der Waals surface area contributed by atoms with Gasteiger partial charge in [-0.05, 0) is 53.4 Å². The number of carbonyl (C=O) groups is 1. The topological polar surface area (TPSA) is 45.2 Å². The predicted octanol–water partition coefficient (Wildman–Crippen LogP) is 2.69. The highest BCUT2D eigenvalue weighted by molar-refractivity contribution is 9.10. The van der Waals surface area contributed by atoms with Crippen molar-refractivity contribution < 1.29 is 4.79 Å². The minimum atomic E-state index is 0.0277. The Morgan fingerprint density at radius 3 is 2.90 bits per heavy atom. The van der Waals surface area contributed by atoms with Gasteiger partial charge in [0.1, 0.15) is 5.69 Å². The fourth-order valence-corrected chi connectivity index (χ4v) is 2.76. The maximum absolute atomic E-state index is 12.6. The van der Waals surface area contributed by atoms with Gasteiger partial charge in [0.2, 0.25) is 0 Å². The number of amides is 1. The van der Waals surface area contributed by atoms with E-state index in [2.05, 4.69) is 40.1 Å². The highest BCUT2D eigenvalue weighted by Crippen LogP contribution is 2.13. The van der Waals surface area contributed by atoms with Crippen LogP contribution in [0, 0.1) is 5.92 Å². The summed E-state index contributed by atoms with van der Waals surface area (Å²) in [6, 6.07) is 4.07. The van der Waals surface area contributed by atoms with Crippen molar-refractivity contribution in [3.05, 3.63) is 28.5 Å². The molecular weight excluding hydrogens is 318 g/mol. The Labute approximate surface area is 129 Å². The van der Waals surface area contributed by atoms with Crippen LogP contribution in [0.4, 0.5) is 0 Å². The summed E-state index contributed by atoms with van der Waals surface area (Å²) in [6.45, 7) is 6.88. The summed E-state index contributed by atoms with van der Waals surface area (Å²) in [7, 11) is 0. The van der Waals surface area contributed by atoms with Gasteiger partial charge in [0.25, 0.3) is 5.91 Å². The molecule has 1 aliphatic rings. The number of halogens is 1. The zero-order valence-electron chi connectivity index (χ0n) is 12.1. The molecule has 4 nitrogen and oxygen atoms in total. The van der Waals surface area contributed by atoms with Crippen molar-refractivity contribution in [2.75, 3.05) is 19.6 Å². The number of aromatic nitrogens is 1. The SMILES string of the molecule is CC(C)CN(CC1CCCN1)C(=O)c1ccc(Br)cn1. The second-order valence-corrected chi connectivity index (χ2v) is 6.67. The Morgan fingerprint density at radius 1 is 1.55 bits per heavy atom. The van der Waals surface area contributed by atoms with Crippen LogP contribution in [0.25, 0.3) is 0 Å². The summed E-state index contributed by atoms with van der Waals surface area (Å²) >= 11 is 3.35. The molecule has 2 rings (SSSR count). The second kappa shape index (κ2) is 7.18. The molecule has 1 fully saturated rings. The number of hydrogen-bond donors (Lipinski definition) is 1. The van der Waals surface area contributed by atoms with Crippen LogP contribution in [0.15, 0.2) is 22.8 Å². The first kappa shape index (κ1) is 15.4. The molecule has 0 aromatic carbocycles. The zero-order valence-corrected chi connectivity index (χ0v) is 13.7. The average Bonchev–Trinajstić information content (AvgIpc) is 2.90. The maximum atomic E-state index is 12.6. The third-order valence-corrected chi connectivity index (χ3v) is 3.89. The van der Waals surface area contributed by atoms with E-state index in [4.69, 9.17) is 0 Å². The van der Waals surface area contributed by atoms with Crippen molar-refractivity contribution in [2.24, 2.45) is 5.92 Å². The Bertz CT molecular complexity index is 441. The lowest BCUT2D eigenvalue weighted by Gasteiger charge is -2.27. The number of rotatable bonds is 5. The van der Waals surface area contributed by atoms with Gasteiger partial charge in [-0.25, -0.2) is 4.98 Å². The number of carbonyl (C=O) groups excluding carboxylic acids is 1. The van der Waals surface area contributed by atoms with E-state index < -0.39 is 0 Å². The molecule has 2 heterocycles. The molecule has 1 N–H and O–H groups in total. The molecule has 5 heteroatoms. The summed E-state index contributed by atoms with van der Waals surface area (Å²) in [4.78, 5) is 18.8. The molecule has 1 atom stereocenters. The van der Waals surface area contributed by atoms with Crippen molar-refractivity contribution in [3.8, 4) is 0 Å². The number of nitrogens with one attached hydrogen (secondary N) is 1. The van der Waals surface area contributed by atoms with Crippen molar-refractivity contribution in [2.45, 2.75) is 32.7 Å². The highest BCUT2D eigenvalue weighted by atomic mass is 79.9. The fourth-order valence-electron chi connectivity index (χ4n) is 2.52. The van der Waals surface area contributed by atoms with Crippen LogP contribution in [0.5, 0.6) is 0 Å². The van der Waals surface area contributed by atoms with Gasteiger partial charge in [-0.1, -0.05) is 13.8 Å². The summed E-state index contributed by atoms with van der Waals surface area (Å²) < 4.78 is 0.891. The van der Waals surface area contributed by atoms with Crippen LogP contribution in [0.2, 0.25) is 0 Å². The van der Waals surface area contributed by atoms with Crippen molar-refractivity contribution in [3.63, 3.8) is 0 Å². The molecule has 1 aromatic heterocycles. The van der Waals surface area contributed by atoms with Crippen LogP contribution < -0.4 is 5.32 Å². The summed E-state index contributed by atoms with van der Waals surface area (Å²) in [6.07, 6.45) is 4.02. The van der Waals surface area contributed by atoms with Crippen molar-refractivity contribution in [1.29, 1.82) is 0 Å². The molecule has 0 saturated carbocycles. The smallest absolute Gasteiger partial charge is 0.272 e. The highest BCUT2D eigenvalue weighted by Gasteiger charge is 2.23. The Kier molecular flexibility index (Phi) is 5.54. The average molecular weight is 340 g/mol. The lowest BCUT2D eigenvalue weighted by Crippen LogP contribution is -2.43. The van der Waals surface area contributed by atoms with Gasteiger partial charge in [-0.15, -0.1) is 0 Å². The third-order valence-electron chi connectivity index (χ3n) is 3.42. The second-order valence-electron chi connectivity index (χ2n) is 5.76. The molecule has 1 aliphatic heterocycles. The van der Waals surface area contributed by atoms with E-state index in [0.717, 1.165) is 30.5 Å². The van der Waals surface area contributed by atoms with Gasteiger partial charge in [0, 0.05) is 29.8 Å². The van der Waals surface area contributed by atoms with E-state index in [0.29, 0.717) is 17.7 Å². The number of nitrogens with zero attached hydrogens (tertiary/aromatic N) is 2. The van der Waals surface area contributed by atoms with E-state index in [1.165, 1.54) is 6.42 Å². The summed E-state index contributed by atoms with van der Waals surface area (Å²) in [5, 5.41) is 3.45. The quantitative estimate of drug-likeness (QED) is 0.896. The third kappa shape index (κ3) is 4.28. The minimum Gasteiger partial charge on any atom is -0.335 e. The van der Waals surface area contributed by atoms with Crippen LogP contribution in [0.3, 0.4) is 0 Å². The van der Waals surface area contributed by atoms with Gasteiger partial charge in [-0.3, -0.25) is 4.79 Å². The largest absolute Gasteiger partial charge is 0.335 e. The zero-order chi connectivity index (χ0) is 14.5. The normalized spacial score (nSPS) is 18.5. The lowest BCUT2D eigenvalue weighted by molar-refractivity contribution is 0.0715. The van der Waals surface area contributed by atoms with Gasteiger partial charge in [-0.2, -0.15) is 0 Å². The molecule has 0 spiro atoms. The van der Waals surface area contributed by atoms with E-state index in [9.17, 15) is 4.79 Å². The van der Waals surface area contributed by atoms with Crippen molar-refractivity contribution in [1.82, 2.24) is 15.2 Å². The van der Waals surface area contributed by atoms with Gasteiger partial charge in [0.15, 0.2) is 0 Å². The van der Waals surface area contributed by atoms with Crippen LogP contribution in [0.1, 0.15) is 37.2 Å². The summed E-state index contributed by atoms with van der Waals surface area (Å²) in [5.41, 5.74) is 0.520. The Morgan fingerprint density at radius 2 is 2.35 bits per heavy atom. The first-order chi connectivity index (χ1) is 9.56. The fraction of sp³-hybridized carbons (Fsp3) is 0.600. The van der Waals surface area contributed by atoms with E-state index in [1.54, 1.807) is 12.3 Å².